The van der Waals surface area contributed by atoms with Crippen LogP contribution in [0.15, 0.2) is 54.6 Å². The predicted molar refractivity (Wildman–Crippen MR) is 100 cm³/mol. The van der Waals surface area contributed by atoms with Gasteiger partial charge in [0.2, 0.25) is 11.8 Å². The number of nitrogens with one attached hydrogen (secondary N) is 1. The van der Waals surface area contributed by atoms with E-state index in [4.69, 9.17) is 0 Å². The van der Waals surface area contributed by atoms with E-state index in [1.54, 1.807) is 11.9 Å². The average molecular weight is 338 g/mol. The SMILES string of the molecule is CCC(=O)N(Cc1cccc(C)c1)[C@H](Cc1ccccc1)C(=O)NC. The van der Waals surface area contributed by atoms with Crippen molar-refractivity contribution in [2.45, 2.75) is 39.3 Å². The van der Waals surface area contributed by atoms with E-state index < -0.39 is 6.04 Å². The monoisotopic (exact) mass is 338 g/mol. The minimum Gasteiger partial charge on any atom is -0.357 e. The molecule has 0 radical (unpaired) electrons. The molecule has 1 atom stereocenters. The summed E-state index contributed by atoms with van der Waals surface area (Å²) >= 11 is 0. The number of carbonyl (C=O) groups excluding carboxylic acids is 2. The normalized spacial score (nSPS) is 11.6. The fourth-order valence-electron chi connectivity index (χ4n) is 2.93. The molecule has 0 saturated carbocycles. The third kappa shape index (κ3) is 5.18. The van der Waals surface area contributed by atoms with Gasteiger partial charge in [-0.15, -0.1) is 0 Å². The molecule has 0 bridgehead atoms. The highest BCUT2D eigenvalue weighted by Gasteiger charge is 2.28. The van der Waals surface area contributed by atoms with Gasteiger partial charge in [-0.2, -0.15) is 0 Å². The first-order valence-corrected chi connectivity index (χ1v) is 8.65. The lowest BCUT2D eigenvalue weighted by Gasteiger charge is -2.31. The molecule has 2 aromatic rings. The molecule has 0 unspecified atom stereocenters. The summed E-state index contributed by atoms with van der Waals surface area (Å²) in [6, 6.07) is 17.3. The number of likely N-dealkylation sites (N-methyl/N-ethyl adjacent to an activating group) is 1. The summed E-state index contributed by atoms with van der Waals surface area (Å²) in [7, 11) is 1.61. The number of carbonyl (C=O) groups is 2. The van der Waals surface area contributed by atoms with Crippen LogP contribution in [0.3, 0.4) is 0 Å². The van der Waals surface area contributed by atoms with Gasteiger partial charge in [0.1, 0.15) is 6.04 Å². The molecule has 0 aliphatic heterocycles. The molecule has 2 amide bonds. The molecule has 0 aliphatic rings. The van der Waals surface area contributed by atoms with Gasteiger partial charge in [0.05, 0.1) is 0 Å². The Morgan fingerprint density at radius 2 is 1.72 bits per heavy atom. The second-order valence-electron chi connectivity index (χ2n) is 6.18. The molecule has 2 aromatic carbocycles. The molecule has 4 heteroatoms. The molecule has 0 spiro atoms. The van der Waals surface area contributed by atoms with E-state index in [9.17, 15) is 9.59 Å². The summed E-state index contributed by atoms with van der Waals surface area (Å²) in [5.74, 6) is -0.163. The van der Waals surface area contributed by atoms with Crippen LogP contribution in [0, 0.1) is 6.92 Å². The fraction of sp³-hybridized carbons (Fsp3) is 0.333. The Hall–Kier alpha value is -2.62. The van der Waals surface area contributed by atoms with Crippen LogP contribution >= 0.6 is 0 Å². The van der Waals surface area contributed by atoms with Gasteiger partial charge in [0.15, 0.2) is 0 Å². The highest BCUT2D eigenvalue weighted by Crippen LogP contribution is 2.16. The molecule has 0 saturated heterocycles. The predicted octanol–water partition coefficient (Wildman–Crippen LogP) is 3.09. The molecule has 0 heterocycles. The van der Waals surface area contributed by atoms with E-state index in [1.165, 1.54) is 0 Å². The van der Waals surface area contributed by atoms with Gasteiger partial charge in [-0.1, -0.05) is 67.1 Å². The Morgan fingerprint density at radius 3 is 2.32 bits per heavy atom. The summed E-state index contributed by atoms with van der Waals surface area (Å²) in [5.41, 5.74) is 3.21. The zero-order valence-corrected chi connectivity index (χ0v) is 15.2. The molecular weight excluding hydrogens is 312 g/mol. The summed E-state index contributed by atoms with van der Waals surface area (Å²) < 4.78 is 0. The first kappa shape index (κ1) is 18.7. The Kier molecular flexibility index (Phi) is 6.75. The number of rotatable bonds is 7. The van der Waals surface area contributed by atoms with Gasteiger partial charge in [-0.3, -0.25) is 9.59 Å². The summed E-state index contributed by atoms with van der Waals surface area (Å²) in [6.45, 7) is 4.28. The van der Waals surface area contributed by atoms with Crippen molar-refractivity contribution in [3.8, 4) is 0 Å². The lowest BCUT2D eigenvalue weighted by molar-refractivity contribution is -0.140. The average Bonchev–Trinajstić information content (AvgIpc) is 2.64. The molecular formula is C21H26N2O2. The van der Waals surface area contributed by atoms with Crippen molar-refractivity contribution in [2.75, 3.05) is 7.05 Å². The zero-order chi connectivity index (χ0) is 18.2. The number of amides is 2. The van der Waals surface area contributed by atoms with Crippen molar-refractivity contribution in [2.24, 2.45) is 0 Å². The van der Waals surface area contributed by atoms with E-state index in [0.717, 1.165) is 16.7 Å². The van der Waals surface area contributed by atoms with Gasteiger partial charge in [0.25, 0.3) is 0 Å². The van der Waals surface area contributed by atoms with E-state index >= 15 is 0 Å². The number of nitrogens with zero attached hydrogens (tertiary/aromatic N) is 1. The Labute approximate surface area is 149 Å². The van der Waals surface area contributed by atoms with Crippen molar-refractivity contribution in [1.29, 1.82) is 0 Å². The fourth-order valence-corrected chi connectivity index (χ4v) is 2.93. The molecule has 0 fully saturated rings. The molecule has 0 aliphatic carbocycles. The molecule has 25 heavy (non-hydrogen) atoms. The van der Waals surface area contributed by atoms with Gasteiger partial charge < -0.3 is 10.2 Å². The summed E-state index contributed by atoms with van der Waals surface area (Å²) in [5, 5.41) is 2.71. The van der Waals surface area contributed by atoms with Gasteiger partial charge in [0, 0.05) is 26.4 Å². The van der Waals surface area contributed by atoms with Crippen molar-refractivity contribution >= 4 is 11.8 Å². The largest absolute Gasteiger partial charge is 0.357 e. The van der Waals surface area contributed by atoms with Crippen LogP contribution < -0.4 is 5.32 Å². The minimum absolute atomic E-state index is 0.0222. The van der Waals surface area contributed by atoms with E-state index in [0.29, 0.717) is 19.4 Å². The third-order valence-electron chi connectivity index (χ3n) is 4.26. The van der Waals surface area contributed by atoms with Gasteiger partial charge in [-0.25, -0.2) is 0 Å². The Morgan fingerprint density at radius 1 is 1.04 bits per heavy atom. The van der Waals surface area contributed by atoms with Gasteiger partial charge >= 0.3 is 0 Å². The molecule has 132 valence electrons. The third-order valence-corrected chi connectivity index (χ3v) is 4.26. The van der Waals surface area contributed by atoms with E-state index in [1.807, 2.05) is 62.4 Å². The smallest absolute Gasteiger partial charge is 0.242 e. The van der Waals surface area contributed by atoms with E-state index in [2.05, 4.69) is 11.4 Å². The maximum atomic E-state index is 12.6. The highest BCUT2D eigenvalue weighted by molar-refractivity contribution is 5.87. The lowest BCUT2D eigenvalue weighted by atomic mass is 10.0. The zero-order valence-electron chi connectivity index (χ0n) is 15.2. The highest BCUT2D eigenvalue weighted by atomic mass is 16.2. The summed E-state index contributed by atoms with van der Waals surface area (Å²) in [4.78, 5) is 26.8. The molecule has 1 N–H and O–H groups in total. The second-order valence-corrected chi connectivity index (χ2v) is 6.18. The first-order chi connectivity index (χ1) is 12.0. The quantitative estimate of drug-likeness (QED) is 0.843. The van der Waals surface area contributed by atoms with Crippen LogP contribution in [0.4, 0.5) is 0 Å². The number of hydrogen-bond acceptors (Lipinski definition) is 2. The van der Waals surface area contributed by atoms with Crippen LogP contribution in [-0.2, 0) is 22.6 Å². The van der Waals surface area contributed by atoms with Crippen LogP contribution in [0.25, 0.3) is 0 Å². The molecule has 0 aromatic heterocycles. The van der Waals surface area contributed by atoms with Crippen LogP contribution in [0.2, 0.25) is 0 Å². The second kappa shape index (κ2) is 9.02. The Balaban J connectivity index is 2.32. The number of benzene rings is 2. The summed E-state index contributed by atoms with van der Waals surface area (Å²) in [6.07, 6.45) is 0.867. The molecule has 2 rings (SSSR count). The Bertz CT molecular complexity index is 713. The standard InChI is InChI=1S/C21H26N2O2/c1-4-20(24)23(15-18-12-8-9-16(2)13-18)19(21(25)22-3)14-17-10-6-5-7-11-17/h5-13,19H,4,14-15H2,1-3H3,(H,22,25)/t19-/m1/s1. The van der Waals surface area contributed by atoms with Crippen molar-refractivity contribution in [3.63, 3.8) is 0 Å². The van der Waals surface area contributed by atoms with Crippen molar-refractivity contribution < 1.29 is 9.59 Å². The molecule has 4 nitrogen and oxygen atoms in total. The van der Waals surface area contributed by atoms with Crippen molar-refractivity contribution in [1.82, 2.24) is 10.2 Å². The maximum Gasteiger partial charge on any atom is 0.242 e. The maximum absolute atomic E-state index is 12.6. The van der Waals surface area contributed by atoms with Crippen LogP contribution in [0.1, 0.15) is 30.0 Å². The van der Waals surface area contributed by atoms with E-state index in [-0.39, 0.29) is 11.8 Å². The van der Waals surface area contributed by atoms with Crippen LogP contribution in [0.5, 0.6) is 0 Å². The topological polar surface area (TPSA) is 49.4 Å². The van der Waals surface area contributed by atoms with Crippen molar-refractivity contribution in [3.05, 3.63) is 71.3 Å². The lowest BCUT2D eigenvalue weighted by Crippen LogP contribution is -2.49. The van der Waals surface area contributed by atoms with Gasteiger partial charge in [-0.05, 0) is 18.1 Å². The minimum atomic E-state index is -0.527. The first-order valence-electron chi connectivity index (χ1n) is 8.65. The van der Waals surface area contributed by atoms with Crippen LogP contribution in [-0.4, -0.2) is 29.8 Å². The number of aryl methyl sites for hydroxylation is 1. The number of hydrogen-bond donors (Lipinski definition) is 1.